The third-order valence-corrected chi connectivity index (χ3v) is 3.05. The molecule has 4 heteroatoms. The van der Waals surface area contributed by atoms with E-state index in [0.717, 1.165) is 5.56 Å². The Kier molecular flexibility index (Phi) is 4.28. The van der Waals surface area contributed by atoms with Gasteiger partial charge in [-0.05, 0) is 36.8 Å². The van der Waals surface area contributed by atoms with Crippen LogP contribution < -0.4 is 5.73 Å². The number of benzene rings is 2. The maximum absolute atomic E-state index is 13.4. The highest BCUT2D eigenvalue weighted by atomic mass is 19.1. The molecule has 2 aromatic rings. The van der Waals surface area contributed by atoms with E-state index in [-0.39, 0.29) is 5.71 Å². The third-order valence-electron chi connectivity index (χ3n) is 3.05. The summed E-state index contributed by atoms with van der Waals surface area (Å²) in [5.74, 6) is -0.394. The summed E-state index contributed by atoms with van der Waals surface area (Å²) in [6.45, 7) is 1.76. The first kappa shape index (κ1) is 14.7. The monoisotopic (exact) mass is 282 g/mol. The summed E-state index contributed by atoms with van der Waals surface area (Å²) in [6, 6.07) is 11.2. The SMILES string of the molecule is Cc1cc(F)cc(C(=N)C=C(N)c2ccccc2C=O)c1. The van der Waals surface area contributed by atoms with Gasteiger partial charge in [-0.1, -0.05) is 24.3 Å². The standard InChI is InChI=1S/C17H15FN2O/c1-11-6-13(8-14(18)7-11)16(19)9-17(20)15-5-3-2-4-12(15)10-21/h2-10,19H,20H2,1H3. The highest BCUT2D eigenvalue weighted by molar-refractivity contribution is 6.10. The summed E-state index contributed by atoms with van der Waals surface area (Å²) in [6.07, 6.45) is 2.14. The number of aldehydes is 1. The van der Waals surface area contributed by atoms with Gasteiger partial charge in [0, 0.05) is 22.4 Å². The van der Waals surface area contributed by atoms with Crippen LogP contribution in [0.25, 0.3) is 5.70 Å². The molecule has 0 aliphatic rings. The largest absolute Gasteiger partial charge is 0.398 e. The summed E-state index contributed by atoms with van der Waals surface area (Å²) in [5, 5.41) is 8.02. The fourth-order valence-electron chi connectivity index (χ4n) is 2.07. The number of carbonyl (C=O) groups excluding carboxylic acids is 1. The molecule has 0 aromatic heterocycles. The number of carbonyl (C=O) groups is 1. The number of allylic oxidation sites excluding steroid dienone is 1. The van der Waals surface area contributed by atoms with Crippen LogP contribution in [-0.4, -0.2) is 12.0 Å². The summed E-state index contributed by atoms with van der Waals surface area (Å²) in [7, 11) is 0. The molecule has 2 rings (SSSR count). The molecule has 0 atom stereocenters. The van der Waals surface area contributed by atoms with Gasteiger partial charge < -0.3 is 11.1 Å². The normalized spacial score (nSPS) is 11.2. The highest BCUT2D eigenvalue weighted by Gasteiger charge is 2.07. The minimum absolute atomic E-state index is 0.0933. The van der Waals surface area contributed by atoms with Crippen molar-refractivity contribution in [2.45, 2.75) is 6.92 Å². The molecular weight excluding hydrogens is 267 g/mol. The molecule has 2 aromatic carbocycles. The molecule has 106 valence electrons. The zero-order valence-corrected chi connectivity index (χ0v) is 11.6. The number of aryl methyl sites for hydroxylation is 1. The number of halogens is 1. The van der Waals surface area contributed by atoms with E-state index in [1.807, 2.05) is 0 Å². The van der Waals surface area contributed by atoms with Crippen molar-refractivity contribution in [3.63, 3.8) is 0 Å². The number of nitrogens with two attached hydrogens (primary N) is 1. The Morgan fingerprint density at radius 3 is 2.62 bits per heavy atom. The van der Waals surface area contributed by atoms with Crippen LogP contribution in [0, 0.1) is 18.2 Å². The van der Waals surface area contributed by atoms with Gasteiger partial charge in [-0.15, -0.1) is 0 Å². The lowest BCUT2D eigenvalue weighted by Crippen LogP contribution is -2.05. The zero-order chi connectivity index (χ0) is 15.4. The van der Waals surface area contributed by atoms with Crippen LogP contribution in [0.5, 0.6) is 0 Å². The average Bonchev–Trinajstić information content (AvgIpc) is 2.46. The number of rotatable bonds is 4. The van der Waals surface area contributed by atoms with E-state index < -0.39 is 5.82 Å². The maximum atomic E-state index is 13.4. The minimum Gasteiger partial charge on any atom is -0.398 e. The molecule has 0 amide bonds. The Balaban J connectivity index is 2.38. The lowest BCUT2D eigenvalue weighted by Gasteiger charge is -2.07. The first-order valence-corrected chi connectivity index (χ1v) is 6.39. The van der Waals surface area contributed by atoms with Crippen molar-refractivity contribution < 1.29 is 9.18 Å². The molecule has 3 nitrogen and oxygen atoms in total. The second-order valence-electron chi connectivity index (χ2n) is 4.74. The molecule has 0 saturated carbocycles. The average molecular weight is 282 g/mol. The van der Waals surface area contributed by atoms with Crippen molar-refractivity contribution >= 4 is 17.7 Å². The molecule has 0 unspecified atom stereocenters. The van der Waals surface area contributed by atoms with Gasteiger partial charge in [0.2, 0.25) is 0 Å². The quantitative estimate of drug-likeness (QED) is 0.667. The molecule has 21 heavy (non-hydrogen) atoms. The highest BCUT2D eigenvalue weighted by Crippen LogP contribution is 2.16. The van der Waals surface area contributed by atoms with Crippen molar-refractivity contribution in [3.05, 3.63) is 76.6 Å². The second kappa shape index (κ2) is 6.13. The molecule has 0 aliphatic carbocycles. The number of nitrogens with one attached hydrogen (secondary N) is 1. The molecular formula is C17H15FN2O. The minimum atomic E-state index is -0.394. The fraction of sp³-hybridized carbons (Fsp3) is 0.0588. The number of hydrogen-bond donors (Lipinski definition) is 2. The van der Waals surface area contributed by atoms with E-state index in [1.54, 1.807) is 37.3 Å². The van der Waals surface area contributed by atoms with Gasteiger partial charge in [-0.25, -0.2) is 4.39 Å². The summed E-state index contributed by atoms with van der Waals surface area (Å²) >= 11 is 0. The first-order chi connectivity index (χ1) is 10.0. The van der Waals surface area contributed by atoms with Gasteiger partial charge in [-0.2, -0.15) is 0 Å². The Morgan fingerprint density at radius 2 is 1.95 bits per heavy atom. The van der Waals surface area contributed by atoms with Gasteiger partial charge in [0.25, 0.3) is 0 Å². The van der Waals surface area contributed by atoms with E-state index in [1.165, 1.54) is 18.2 Å². The van der Waals surface area contributed by atoms with Crippen molar-refractivity contribution in [3.8, 4) is 0 Å². The van der Waals surface area contributed by atoms with Crippen LogP contribution in [0.3, 0.4) is 0 Å². The molecule has 0 aliphatic heterocycles. The molecule has 0 saturated heterocycles. The molecule has 0 spiro atoms. The van der Waals surface area contributed by atoms with E-state index >= 15 is 0 Å². The van der Waals surface area contributed by atoms with E-state index in [4.69, 9.17) is 11.1 Å². The van der Waals surface area contributed by atoms with Gasteiger partial charge in [0.1, 0.15) is 5.82 Å². The molecule has 0 heterocycles. The Morgan fingerprint density at radius 1 is 1.24 bits per heavy atom. The van der Waals surface area contributed by atoms with E-state index in [0.29, 0.717) is 28.7 Å². The van der Waals surface area contributed by atoms with Gasteiger partial charge in [0.05, 0.1) is 5.71 Å². The van der Waals surface area contributed by atoms with Gasteiger partial charge in [-0.3, -0.25) is 4.79 Å². The summed E-state index contributed by atoms with van der Waals surface area (Å²) < 4.78 is 13.4. The lowest BCUT2D eigenvalue weighted by atomic mass is 10.0. The summed E-state index contributed by atoms with van der Waals surface area (Å²) in [4.78, 5) is 11.0. The van der Waals surface area contributed by atoms with Crippen LogP contribution in [0.15, 0.2) is 48.5 Å². The molecule has 0 radical (unpaired) electrons. The van der Waals surface area contributed by atoms with Crippen molar-refractivity contribution in [2.24, 2.45) is 5.73 Å². The van der Waals surface area contributed by atoms with Crippen molar-refractivity contribution in [2.75, 3.05) is 0 Å². The smallest absolute Gasteiger partial charge is 0.150 e. The maximum Gasteiger partial charge on any atom is 0.150 e. The number of hydrogen-bond acceptors (Lipinski definition) is 3. The van der Waals surface area contributed by atoms with Crippen LogP contribution in [0.4, 0.5) is 4.39 Å². The van der Waals surface area contributed by atoms with Gasteiger partial charge in [0.15, 0.2) is 6.29 Å². The third kappa shape index (κ3) is 3.42. The summed E-state index contributed by atoms with van der Waals surface area (Å²) in [5.41, 5.74) is 8.53. The van der Waals surface area contributed by atoms with Crippen LogP contribution >= 0.6 is 0 Å². The molecule has 0 bridgehead atoms. The second-order valence-corrected chi connectivity index (χ2v) is 4.74. The molecule has 0 fully saturated rings. The van der Waals surface area contributed by atoms with Crippen LogP contribution in [0.1, 0.15) is 27.0 Å². The Bertz CT molecular complexity index is 715. The van der Waals surface area contributed by atoms with Gasteiger partial charge >= 0.3 is 0 Å². The zero-order valence-electron chi connectivity index (χ0n) is 11.6. The van der Waals surface area contributed by atoms with Crippen molar-refractivity contribution in [1.29, 1.82) is 5.41 Å². The molecule has 3 N–H and O–H groups in total. The predicted octanol–water partition coefficient (Wildman–Crippen LogP) is 3.31. The predicted molar refractivity (Wildman–Crippen MR) is 82.0 cm³/mol. The van der Waals surface area contributed by atoms with E-state index in [9.17, 15) is 9.18 Å². The van der Waals surface area contributed by atoms with E-state index in [2.05, 4.69) is 0 Å². The topological polar surface area (TPSA) is 66.9 Å². The first-order valence-electron chi connectivity index (χ1n) is 6.39. The van der Waals surface area contributed by atoms with Crippen LogP contribution in [-0.2, 0) is 0 Å². The van der Waals surface area contributed by atoms with Crippen LogP contribution in [0.2, 0.25) is 0 Å². The van der Waals surface area contributed by atoms with Crippen molar-refractivity contribution in [1.82, 2.24) is 0 Å². The Hall–Kier alpha value is -2.75. The lowest BCUT2D eigenvalue weighted by molar-refractivity contribution is 0.112. The fourth-order valence-corrected chi connectivity index (χ4v) is 2.07. The Labute approximate surface area is 122 Å².